The van der Waals surface area contributed by atoms with Gasteiger partial charge in [0, 0.05) is 13.0 Å². The molecule has 0 fully saturated rings. The number of hydrogen-bond donors (Lipinski definition) is 2. The molecule has 132 valence electrons. The predicted octanol–water partition coefficient (Wildman–Crippen LogP) is 1.59. The number of aryl methyl sites for hydroxylation is 3. The molecule has 1 aromatic carbocycles. The van der Waals surface area contributed by atoms with Crippen LogP contribution in [0.25, 0.3) is 0 Å². The quantitative estimate of drug-likeness (QED) is 0.782. The molecule has 1 aromatic heterocycles. The summed E-state index contributed by atoms with van der Waals surface area (Å²) in [5.74, 6) is 2.71. The lowest BCUT2D eigenvalue weighted by Crippen LogP contribution is -2.37. The van der Waals surface area contributed by atoms with E-state index in [2.05, 4.69) is 37.5 Å². The Bertz CT molecular complexity index is 771. The summed E-state index contributed by atoms with van der Waals surface area (Å²) in [6.07, 6.45) is 5.62. The number of nitrogens with zero attached hydrogens (tertiary/aromatic N) is 3. The first-order chi connectivity index (χ1) is 12.3. The average Bonchev–Trinajstić information content (AvgIpc) is 3.33. The Morgan fingerprint density at radius 1 is 1.12 bits per heavy atom. The molecular formula is C18H23N5O2. The highest BCUT2D eigenvalue weighted by molar-refractivity contribution is 5.73. The van der Waals surface area contributed by atoms with Gasteiger partial charge in [-0.3, -0.25) is 0 Å². The first kappa shape index (κ1) is 15.9. The lowest BCUT2D eigenvalue weighted by molar-refractivity contribution is 0.235. The molecule has 25 heavy (non-hydrogen) atoms. The summed E-state index contributed by atoms with van der Waals surface area (Å²) in [4.78, 5) is 11.9. The standard InChI is InChI=1S/C18H23N5O2/c24-18(20-12-17-22-21-16-5-2-9-23(16)17)19-8-10-25-15-7-6-13-3-1-4-14(13)11-15/h6-7,11H,1-5,8-10,12H2,(H2,19,20,24). The molecule has 0 unspecified atom stereocenters. The molecule has 2 aromatic rings. The number of carbonyl (C=O) groups excluding carboxylic acids is 1. The molecule has 7 nitrogen and oxygen atoms in total. The highest BCUT2D eigenvalue weighted by Gasteiger charge is 2.17. The second kappa shape index (κ2) is 7.13. The maximum absolute atomic E-state index is 11.9. The first-order valence-electron chi connectivity index (χ1n) is 8.97. The monoisotopic (exact) mass is 341 g/mol. The number of aromatic nitrogens is 3. The van der Waals surface area contributed by atoms with Gasteiger partial charge >= 0.3 is 6.03 Å². The average molecular weight is 341 g/mol. The van der Waals surface area contributed by atoms with Crippen molar-refractivity contribution in [3.05, 3.63) is 41.0 Å². The number of fused-ring (bicyclic) bond motifs is 2. The Morgan fingerprint density at radius 3 is 3.00 bits per heavy atom. The molecule has 2 aliphatic rings. The van der Waals surface area contributed by atoms with Crippen LogP contribution in [0.3, 0.4) is 0 Å². The Balaban J connectivity index is 1.17. The largest absolute Gasteiger partial charge is 0.492 e. The third-order valence-corrected chi connectivity index (χ3v) is 4.82. The van der Waals surface area contributed by atoms with Crippen LogP contribution < -0.4 is 15.4 Å². The SMILES string of the molecule is O=C(NCCOc1ccc2c(c1)CCC2)NCc1nnc2n1CCC2. The second-order valence-corrected chi connectivity index (χ2v) is 6.53. The molecule has 2 amide bonds. The summed E-state index contributed by atoms with van der Waals surface area (Å²) in [7, 11) is 0. The summed E-state index contributed by atoms with van der Waals surface area (Å²) in [6.45, 7) is 2.24. The van der Waals surface area contributed by atoms with Gasteiger partial charge < -0.3 is 19.9 Å². The van der Waals surface area contributed by atoms with Crippen LogP contribution in [0.2, 0.25) is 0 Å². The van der Waals surface area contributed by atoms with Gasteiger partial charge in [0.05, 0.1) is 13.1 Å². The van der Waals surface area contributed by atoms with Crippen LogP contribution in [0.15, 0.2) is 18.2 Å². The van der Waals surface area contributed by atoms with Crippen LogP contribution in [0.1, 0.15) is 35.6 Å². The first-order valence-corrected chi connectivity index (χ1v) is 8.97. The van der Waals surface area contributed by atoms with Crippen LogP contribution in [-0.4, -0.2) is 33.9 Å². The smallest absolute Gasteiger partial charge is 0.315 e. The van der Waals surface area contributed by atoms with Gasteiger partial charge in [-0.05, 0) is 48.9 Å². The number of urea groups is 1. The highest BCUT2D eigenvalue weighted by Crippen LogP contribution is 2.25. The zero-order valence-corrected chi connectivity index (χ0v) is 14.3. The molecule has 0 spiro atoms. The minimum Gasteiger partial charge on any atom is -0.492 e. The van der Waals surface area contributed by atoms with E-state index in [-0.39, 0.29) is 6.03 Å². The van der Waals surface area contributed by atoms with Crippen molar-refractivity contribution in [2.45, 2.75) is 45.2 Å². The number of nitrogens with one attached hydrogen (secondary N) is 2. The minimum absolute atomic E-state index is 0.215. The van der Waals surface area contributed by atoms with Crippen molar-refractivity contribution >= 4 is 6.03 Å². The molecule has 0 atom stereocenters. The highest BCUT2D eigenvalue weighted by atomic mass is 16.5. The van der Waals surface area contributed by atoms with E-state index in [9.17, 15) is 4.79 Å². The van der Waals surface area contributed by atoms with E-state index >= 15 is 0 Å². The van der Waals surface area contributed by atoms with Crippen LogP contribution >= 0.6 is 0 Å². The van der Waals surface area contributed by atoms with E-state index in [1.54, 1.807) is 0 Å². The van der Waals surface area contributed by atoms with E-state index in [1.807, 2.05) is 6.07 Å². The number of amides is 2. The fraction of sp³-hybridized carbons (Fsp3) is 0.500. The van der Waals surface area contributed by atoms with Crippen molar-refractivity contribution < 1.29 is 9.53 Å². The molecule has 0 bridgehead atoms. The van der Waals surface area contributed by atoms with Gasteiger partial charge in [0.1, 0.15) is 18.2 Å². The van der Waals surface area contributed by atoms with Gasteiger partial charge in [0.2, 0.25) is 0 Å². The number of carbonyl (C=O) groups is 1. The lowest BCUT2D eigenvalue weighted by Gasteiger charge is -2.10. The fourth-order valence-electron chi connectivity index (χ4n) is 3.53. The molecule has 0 radical (unpaired) electrons. The van der Waals surface area contributed by atoms with Crippen LogP contribution in [0.5, 0.6) is 5.75 Å². The third kappa shape index (κ3) is 3.60. The molecule has 0 saturated heterocycles. The summed E-state index contributed by atoms with van der Waals surface area (Å²) in [5, 5.41) is 13.9. The molecule has 0 saturated carbocycles. The van der Waals surface area contributed by atoms with E-state index in [0.29, 0.717) is 19.7 Å². The topological polar surface area (TPSA) is 81.1 Å². The summed E-state index contributed by atoms with van der Waals surface area (Å²) in [5.41, 5.74) is 2.83. The maximum Gasteiger partial charge on any atom is 0.315 e. The van der Waals surface area contributed by atoms with Crippen molar-refractivity contribution in [3.8, 4) is 5.75 Å². The van der Waals surface area contributed by atoms with Gasteiger partial charge in [-0.15, -0.1) is 10.2 Å². The summed E-state index contributed by atoms with van der Waals surface area (Å²) in [6, 6.07) is 6.06. The van der Waals surface area contributed by atoms with Crippen LogP contribution in [-0.2, 0) is 32.4 Å². The fourth-order valence-corrected chi connectivity index (χ4v) is 3.53. The summed E-state index contributed by atoms with van der Waals surface area (Å²) >= 11 is 0. The molecule has 7 heteroatoms. The van der Waals surface area contributed by atoms with E-state index in [1.165, 1.54) is 24.0 Å². The van der Waals surface area contributed by atoms with Crippen molar-refractivity contribution in [2.75, 3.05) is 13.2 Å². The predicted molar refractivity (Wildman–Crippen MR) is 92.5 cm³/mol. The van der Waals surface area contributed by atoms with E-state index in [0.717, 1.165) is 43.2 Å². The van der Waals surface area contributed by atoms with Crippen molar-refractivity contribution in [3.63, 3.8) is 0 Å². The zero-order chi connectivity index (χ0) is 17.1. The molecule has 2 heterocycles. The number of hydrogen-bond acceptors (Lipinski definition) is 4. The van der Waals surface area contributed by atoms with Crippen LogP contribution in [0.4, 0.5) is 4.79 Å². The van der Waals surface area contributed by atoms with Crippen molar-refractivity contribution in [1.82, 2.24) is 25.4 Å². The van der Waals surface area contributed by atoms with Gasteiger partial charge in [-0.2, -0.15) is 0 Å². The Morgan fingerprint density at radius 2 is 2.04 bits per heavy atom. The van der Waals surface area contributed by atoms with Crippen molar-refractivity contribution in [1.29, 1.82) is 0 Å². The van der Waals surface area contributed by atoms with Crippen LogP contribution in [0, 0.1) is 0 Å². The summed E-state index contributed by atoms with van der Waals surface area (Å²) < 4.78 is 7.80. The maximum atomic E-state index is 11.9. The number of ether oxygens (including phenoxy) is 1. The normalized spacial score (nSPS) is 14.9. The second-order valence-electron chi connectivity index (χ2n) is 6.53. The third-order valence-electron chi connectivity index (χ3n) is 4.82. The number of rotatable bonds is 6. The Labute approximate surface area is 146 Å². The van der Waals surface area contributed by atoms with Gasteiger partial charge in [0.15, 0.2) is 5.82 Å². The van der Waals surface area contributed by atoms with Gasteiger partial charge in [-0.25, -0.2) is 4.79 Å². The molecular weight excluding hydrogens is 318 g/mol. The van der Waals surface area contributed by atoms with E-state index in [4.69, 9.17) is 4.74 Å². The minimum atomic E-state index is -0.215. The van der Waals surface area contributed by atoms with Gasteiger partial charge in [-0.1, -0.05) is 6.07 Å². The Hall–Kier alpha value is -2.57. The van der Waals surface area contributed by atoms with Gasteiger partial charge in [0.25, 0.3) is 0 Å². The lowest BCUT2D eigenvalue weighted by atomic mass is 10.1. The molecule has 1 aliphatic heterocycles. The zero-order valence-electron chi connectivity index (χ0n) is 14.3. The molecule has 4 rings (SSSR count). The molecule has 1 aliphatic carbocycles. The van der Waals surface area contributed by atoms with Crippen molar-refractivity contribution in [2.24, 2.45) is 0 Å². The Kier molecular flexibility index (Phi) is 4.54. The number of benzene rings is 1. The molecule has 2 N–H and O–H groups in total. The van der Waals surface area contributed by atoms with E-state index < -0.39 is 0 Å².